The fourth-order valence-corrected chi connectivity index (χ4v) is 1.88. The van der Waals surface area contributed by atoms with Gasteiger partial charge in [-0.15, -0.1) is 0 Å². The summed E-state index contributed by atoms with van der Waals surface area (Å²) in [4.78, 5) is 12.1. The number of carbonyl (C=O) groups is 1. The third-order valence-corrected chi connectivity index (χ3v) is 2.80. The molecule has 0 heterocycles. The molecule has 2 aromatic rings. The van der Waals surface area contributed by atoms with E-state index >= 15 is 0 Å². The maximum Gasteiger partial charge on any atom is 0.166 e. The topological polar surface area (TPSA) is 17.1 Å². The van der Waals surface area contributed by atoms with Crippen molar-refractivity contribution in [1.29, 1.82) is 0 Å². The molecule has 0 bridgehead atoms. The van der Waals surface area contributed by atoms with Crippen molar-refractivity contribution in [2.24, 2.45) is 5.92 Å². The van der Waals surface area contributed by atoms with E-state index in [4.69, 9.17) is 0 Å². The second-order valence-corrected chi connectivity index (χ2v) is 4.43. The van der Waals surface area contributed by atoms with E-state index in [0.717, 1.165) is 16.7 Å². The highest BCUT2D eigenvalue weighted by atomic mass is 16.1. The van der Waals surface area contributed by atoms with Crippen molar-refractivity contribution >= 4 is 5.78 Å². The Kier molecular flexibility index (Phi) is 3.38. The highest BCUT2D eigenvalue weighted by molar-refractivity contribution is 6.03. The third-order valence-electron chi connectivity index (χ3n) is 2.80. The minimum atomic E-state index is 0.0277. The molecule has 0 aromatic heterocycles. The van der Waals surface area contributed by atoms with E-state index in [2.05, 4.69) is 0 Å². The number of rotatable bonds is 3. The molecule has 0 saturated heterocycles. The van der Waals surface area contributed by atoms with Gasteiger partial charge < -0.3 is 0 Å². The van der Waals surface area contributed by atoms with Crippen molar-refractivity contribution in [3.63, 3.8) is 0 Å². The van der Waals surface area contributed by atoms with Crippen LogP contribution in [-0.2, 0) is 0 Å². The minimum Gasteiger partial charge on any atom is -0.294 e. The lowest BCUT2D eigenvalue weighted by Crippen LogP contribution is -2.08. The Morgan fingerprint density at radius 2 is 1.47 bits per heavy atom. The van der Waals surface area contributed by atoms with Crippen molar-refractivity contribution in [2.75, 3.05) is 0 Å². The predicted octanol–water partition coefficient (Wildman–Crippen LogP) is 4.19. The molecule has 0 fully saturated rings. The van der Waals surface area contributed by atoms with Crippen LogP contribution in [-0.4, -0.2) is 5.78 Å². The van der Waals surface area contributed by atoms with Crippen molar-refractivity contribution in [2.45, 2.75) is 13.8 Å². The van der Waals surface area contributed by atoms with Crippen LogP contribution >= 0.6 is 0 Å². The monoisotopic (exact) mass is 224 g/mol. The van der Waals surface area contributed by atoms with Gasteiger partial charge in [-0.05, 0) is 11.1 Å². The lowest BCUT2D eigenvalue weighted by atomic mass is 9.93. The molecule has 0 aliphatic heterocycles. The number of ketones is 1. The maximum atomic E-state index is 12.1. The quantitative estimate of drug-likeness (QED) is 0.714. The Morgan fingerprint density at radius 1 is 0.882 bits per heavy atom. The molecule has 0 atom stereocenters. The zero-order chi connectivity index (χ0) is 12.3. The second-order valence-electron chi connectivity index (χ2n) is 4.43. The Labute approximate surface area is 102 Å². The fraction of sp³-hybridized carbons (Fsp3) is 0.188. The van der Waals surface area contributed by atoms with Gasteiger partial charge in [0.05, 0.1) is 0 Å². The Balaban J connectivity index is 2.52. The van der Waals surface area contributed by atoms with Crippen LogP contribution in [0.4, 0.5) is 0 Å². The molecular formula is C16H16O. The van der Waals surface area contributed by atoms with Crippen LogP contribution in [0, 0.1) is 5.92 Å². The van der Waals surface area contributed by atoms with Gasteiger partial charge in [-0.3, -0.25) is 4.79 Å². The second kappa shape index (κ2) is 4.96. The van der Waals surface area contributed by atoms with E-state index < -0.39 is 0 Å². The minimum absolute atomic E-state index is 0.0277. The van der Waals surface area contributed by atoms with E-state index in [-0.39, 0.29) is 11.7 Å². The molecule has 0 aliphatic rings. The van der Waals surface area contributed by atoms with Crippen LogP contribution in [0.3, 0.4) is 0 Å². The van der Waals surface area contributed by atoms with Crippen LogP contribution in [0.25, 0.3) is 11.1 Å². The average molecular weight is 224 g/mol. The smallest absolute Gasteiger partial charge is 0.166 e. The summed E-state index contributed by atoms with van der Waals surface area (Å²) in [6.07, 6.45) is 0. The van der Waals surface area contributed by atoms with Gasteiger partial charge in [0, 0.05) is 11.5 Å². The van der Waals surface area contributed by atoms with E-state index in [0.29, 0.717) is 0 Å². The molecule has 0 spiro atoms. The van der Waals surface area contributed by atoms with Gasteiger partial charge in [-0.25, -0.2) is 0 Å². The molecule has 0 aliphatic carbocycles. The van der Waals surface area contributed by atoms with Crippen molar-refractivity contribution < 1.29 is 4.79 Å². The molecule has 0 amide bonds. The number of carbonyl (C=O) groups excluding carboxylic acids is 1. The summed E-state index contributed by atoms with van der Waals surface area (Å²) in [5, 5.41) is 0. The number of benzene rings is 2. The molecule has 0 radical (unpaired) electrons. The summed E-state index contributed by atoms with van der Waals surface area (Å²) in [6, 6.07) is 17.8. The molecule has 86 valence electrons. The van der Waals surface area contributed by atoms with E-state index in [1.165, 1.54) is 0 Å². The lowest BCUT2D eigenvalue weighted by Gasteiger charge is -2.10. The molecule has 1 heteroatoms. The SMILES string of the molecule is CC(C)C(=O)c1ccccc1-c1ccccc1. The zero-order valence-electron chi connectivity index (χ0n) is 10.2. The molecule has 0 unspecified atom stereocenters. The van der Waals surface area contributed by atoms with Gasteiger partial charge in [0.1, 0.15) is 0 Å². The normalized spacial score (nSPS) is 10.5. The van der Waals surface area contributed by atoms with Gasteiger partial charge >= 0.3 is 0 Å². The molecule has 0 N–H and O–H groups in total. The van der Waals surface area contributed by atoms with E-state index in [1.807, 2.05) is 68.4 Å². The standard InChI is InChI=1S/C16H16O/c1-12(2)16(17)15-11-7-6-10-14(15)13-8-4-3-5-9-13/h3-12H,1-2H3. The number of hydrogen-bond acceptors (Lipinski definition) is 1. The summed E-state index contributed by atoms with van der Waals surface area (Å²) >= 11 is 0. The van der Waals surface area contributed by atoms with Crippen molar-refractivity contribution in [3.8, 4) is 11.1 Å². The van der Waals surface area contributed by atoms with Gasteiger partial charge in [0.25, 0.3) is 0 Å². The van der Waals surface area contributed by atoms with Gasteiger partial charge in [0.2, 0.25) is 0 Å². The summed E-state index contributed by atoms with van der Waals surface area (Å²) in [5.41, 5.74) is 2.93. The van der Waals surface area contributed by atoms with Crippen LogP contribution in [0.15, 0.2) is 54.6 Å². The largest absolute Gasteiger partial charge is 0.294 e. The fourth-order valence-electron chi connectivity index (χ4n) is 1.88. The first-order valence-electron chi connectivity index (χ1n) is 5.89. The molecular weight excluding hydrogens is 208 g/mol. The first-order chi connectivity index (χ1) is 8.20. The molecule has 0 saturated carbocycles. The van der Waals surface area contributed by atoms with Crippen LogP contribution in [0.5, 0.6) is 0 Å². The van der Waals surface area contributed by atoms with Crippen LogP contribution in [0.2, 0.25) is 0 Å². The molecule has 2 rings (SSSR count). The third kappa shape index (κ3) is 2.44. The molecule has 2 aromatic carbocycles. The van der Waals surface area contributed by atoms with Gasteiger partial charge in [-0.2, -0.15) is 0 Å². The summed E-state index contributed by atoms with van der Waals surface area (Å²) in [5.74, 6) is 0.226. The molecule has 1 nitrogen and oxygen atoms in total. The first kappa shape index (κ1) is 11.6. The highest BCUT2D eigenvalue weighted by Crippen LogP contribution is 2.25. The lowest BCUT2D eigenvalue weighted by molar-refractivity contribution is 0.0940. The van der Waals surface area contributed by atoms with Gasteiger partial charge in [-0.1, -0.05) is 68.4 Å². The van der Waals surface area contributed by atoms with Gasteiger partial charge in [0.15, 0.2) is 5.78 Å². The van der Waals surface area contributed by atoms with Crippen LogP contribution < -0.4 is 0 Å². The number of Topliss-reactive ketones (excluding diaryl/α,β-unsaturated/α-hetero) is 1. The van der Waals surface area contributed by atoms with Crippen molar-refractivity contribution in [3.05, 3.63) is 60.2 Å². The Hall–Kier alpha value is -1.89. The van der Waals surface area contributed by atoms with E-state index in [9.17, 15) is 4.79 Å². The van der Waals surface area contributed by atoms with Crippen LogP contribution in [0.1, 0.15) is 24.2 Å². The van der Waals surface area contributed by atoms with E-state index in [1.54, 1.807) is 0 Å². The molecule has 17 heavy (non-hydrogen) atoms. The Morgan fingerprint density at radius 3 is 2.12 bits per heavy atom. The zero-order valence-corrected chi connectivity index (χ0v) is 10.2. The maximum absolute atomic E-state index is 12.1. The predicted molar refractivity (Wildman–Crippen MR) is 71.0 cm³/mol. The summed E-state index contributed by atoms with van der Waals surface area (Å²) in [6.45, 7) is 3.87. The average Bonchev–Trinajstić information content (AvgIpc) is 2.39. The van der Waals surface area contributed by atoms with Crippen molar-refractivity contribution in [1.82, 2.24) is 0 Å². The number of hydrogen-bond donors (Lipinski definition) is 0. The highest BCUT2D eigenvalue weighted by Gasteiger charge is 2.14. The summed E-state index contributed by atoms with van der Waals surface area (Å²) in [7, 11) is 0. The Bertz CT molecular complexity index is 512. The first-order valence-corrected chi connectivity index (χ1v) is 5.89. The summed E-state index contributed by atoms with van der Waals surface area (Å²) < 4.78 is 0.